The van der Waals surface area contributed by atoms with E-state index in [-0.39, 0.29) is 17.5 Å². The van der Waals surface area contributed by atoms with Crippen molar-refractivity contribution >= 4 is 5.78 Å². The third-order valence-electron chi connectivity index (χ3n) is 8.33. The summed E-state index contributed by atoms with van der Waals surface area (Å²) in [5.74, 6) is 1.55. The Hall–Kier alpha value is -1.59. The van der Waals surface area contributed by atoms with Gasteiger partial charge in [0.25, 0.3) is 0 Å². The van der Waals surface area contributed by atoms with Gasteiger partial charge in [-0.15, -0.1) is 0 Å². The topological polar surface area (TPSA) is 70.0 Å². The molecule has 5 unspecified atom stereocenters. The Morgan fingerprint density at radius 3 is 2.85 bits per heavy atom. The number of ketones is 1. The number of Topliss-reactive ketones (excluding diaryl/α,β-unsaturated/α-hetero) is 1. The van der Waals surface area contributed by atoms with Crippen molar-refractivity contribution in [1.82, 2.24) is 4.90 Å². The Morgan fingerprint density at radius 1 is 1.26 bits per heavy atom. The van der Waals surface area contributed by atoms with E-state index in [0.717, 1.165) is 42.9 Å². The van der Waals surface area contributed by atoms with Crippen molar-refractivity contribution in [3.63, 3.8) is 0 Å². The summed E-state index contributed by atoms with van der Waals surface area (Å²) in [6.45, 7) is 1.11. The number of carbonyl (C=O) groups excluding carboxylic acids is 1. The van der Waals surface area contributed by atoms with Crippen LogP contribution in [0.1, 0.15) is 49.7 Å². The van der Waals surface area contributed by atoms with Crippen LogP contribution in [-0.4, -0.2) is 52.2 Å². The number of benzene rings is 1. The van der Waals surface area contributed by atoms with Crippen LogP contribution in [0.4, 0.5) is 0 Å². The fourth-order valence-electron chi connectivity index (χ4n) is 6.99. The number of nitrogens with zero attached hydrogens (tertiary/aromatic N) is 1. The molecule has 5 nitrogen and oxygen atoms in total. The summed E-state index contributed by atoms with van der Waals surface area (Å²) in [6.07, 6.45) is 5.40. The lowest BCUT2D eigenvalue weighted by Crippen LogP contribution is -2.73. The van der Waals surface area contributed by atoms with Gasteiger partial charge in [-0.2, -0.15) is 0 Å². The third kappa shape index (κ3) is 1.85. The quantitative estimate of drug-likeness (QED) is 0.855. The molecule has 0 amide bonds. The zero-order valence-corrected chi connectivity index (χ0v) is 15.8. The van der Waals surface area contributed by atoms with Gasteiger partial charge in [-0.3, -0.25) is 4.79 Å². The highest BCUT2D eigenvalue weighted by molar-refractivity contribution is 5.89. The van der Waals surface area contributed by atoms with E-state index < -0.39 is 17.1 Å². The maximum atomic E-state index is 12.8. The first kappa shape index (κ1) is 16.4. The van der Waals surface area contributed by atoms with Gasteiger partial charge in [0, 0.05) is 30.5 Å². The van der Waals surface area contributed by atoms with Crippen LogP contribution in [0.2, 0.25) is 0 Å². The molecule has 1 aromatic rings. The highest BCUT2D eigenvalue weighted by atomic mass is 16.5. The van der Waals surface area contributed by atoms with Crippen LogP contribution in [0.5, 0.6) is 11.5 Å². The van der Waals surface area contributed by atoms with Gasteiger partial charge in [-0.1, -0.05) is 6.07 Å². The average Bonchev–Trinajstić information content (AvgIpc) is 3.36. The van der Waals surface area contributed by atoms with E-state index in [1.807, 2.05) is 6.07 Å². The van der Waals surface area contributed by atoms with Crippen molar-refractivity contribution in [2.24, 2.45) is 11.8 Å². The first-order valence-electron chi connectivity index (χ1n) is 10.4. The lowest BCUT2D eigenvalue weighted by molar-refractivity contribution is -0.190. The monoisotopic (exact) mass is 369 g/mol. The van der Waals surface area contributed by atoms with Crippen molar-refractivity contribution in [1.29, 1.82) is 0 Å². The van der Waals surface area contributed by atoms with Crippen LogP contribution in [-0.2, 0) is 16.6 Å². The molecule has 1 aromatic carbocycles. The summed E-state index contributed by atoms with van der Waals surface area (Å²) < 4.78 is 6.08. The summed E-state index contributed by atoms with van der Waals surface area (Å²) in [6, 6.07) is 4.01. The molecule has 0 aromatic heterocycles. The molecule has 27 heavy (non-hydrogen) atoms. The molecular weight excluding hydrogens is 342 g/mol. The molecular formula is C22H27NO4. The second kappa shape index (κ2) is 5.06. The largest absolute Gasteiger partial charge is 0.504 e. The molecule has 5 aliphatic rings. The standard InChI is InChI=1S/C22H27NO4/c1-23(11-12-2-3-12)15-6-8-21-18-13-4-5-16(24)19(18)27-20(21)17(25)7-9-22(21,26)14(15)10-13/h4-5,12,14-15,20,24,26H,2-3,6-11H2,1H3. The zero-order chi connectivity index (χ0) is 18.6. The van der Waals surface area contributed by atoms with Gasteiger partial charge < -0.3 is 19.8 Å². The average molecular weight is 369 g/mol. The molecule has 3 saturated carbocycles. The minimum atomic E-state index is -0.932. The number of rotatable bonds is 3. The van der Waals surface area contributed by atoms with E-state index in [2.05, 4.69) is 11.9 Å². The summed E-state index contributed by atoms with van der Waals surface area (Å²) in [7, 11) is 2.21. The van der Waals surface area contributed by atoms with E-state index in [4.69, 9.17) is 4.74 Å². The van der Waals surface area contributed by atoms with Crippen LogP contribution in [0.3, 0.4) is 0 Å². The van der Waals surface area contributed by atoms with Crippen molar-refractivity contribution in [2.75, 3.05) is 13.6 Å². The molecule has 5 atom stereocenters. The fourth-order valence-corrected chi connectivity index (χ4v) is 6.99. The molecule has 1 spiro atoms. The molecule has 2 N–H and O–H groups in total. The van der Waals surface area contributed by atoms with Gasteiger partial charge in [-0.25, -0.2) is 0 Å². The molecule has 0 saturated heterocycles. The number of aliphatic hydroxyl groups is 1. The highest BCUT2D eigenvalue weighted by Crippen LogP contribution is 2.67. The van der Waals surface area contributed by atoms with E-state index in [0.29, 0.717) is 24.6 Å². The van der Waals surface area contributed by atoms with E-state index in [1.54, 1.807) is 6.07 Å². The van der Waals surface area contributed by atoms with Crippen LogP contribution in [0.15, 0.2) is 12.1 Å². The molecule has 4 aliphatic carbocycles. The number of phenolic OH excluding ortho intramolecular Hbond substituents is 1. The highest BCUT2D eigenvalue weighted by Gasteiger charge is 2.73. The first-order valence-corrected chi connectivity index (χ1v) is 10.4. The smallest absolute Gasteiger partial charge is 0.174 e. The lowest BCUT2D eigenvalue weighted by atomic mass is 9.44. The molecule has 5 heteroatoms. The Morgan fingerprint density at radius 2 is 2.07 bits per heavy atom. The first-order chi connectivity index (χ1) is 13.0. The third-order valence-corrected chi connectivity index (χ3v) is 8.33. The predicted molar refractivity (Wildman–Crippen MR) is 99.0 cm³/mol. The van der Waals surface area contributed by atoms with Gasteiger partial charge >= 0.3 is 0 Å². The lowest BCUT2D eigenvalue weighted by Gasteiger charge is -2.62. The van der Waals surface area contributed by atoms with E-state index >= 15 is 0 Å². The number of aromatic hydroxyl groups is 1. The summed E-state index contributed by atoms with van der Waals surface area (Å²) in [4.78, 5) is 15.3. The molecule has 6 rings (SSSR count). The minimum Gasteiger partial charge on any atom is -0.504 e. The second-order valence-corrected chi connectivity index (χ2v) is 9.61. The van der Waals surface area contributed by atoms with E-state index in [1.165, 1.54) is 12.8 Å². The van der Waals surface area contributed by atoms with E-state index in [9.17, 15) is 15.0 Å². The van der Waals surface area contributed by atoms with Gasteiger partial charge in [0.2, 0.25) is 0 Å². The summed E-state index contributed by atoms with van der Waals surface area (Å²) in [5.41, 5.74) is 0.478. The SMILES string of the molecule is CN(CC1CC1)C1CCC23c4c5ccc(O)c4OC2C(=O)CCC3(O)C1C5. The Labute approximate surface area is 159 Å². The normalized spacial score (nSPS) is 41.4. The Bertz CT molecular complexity index is 849. The van der Waals surface area contributed by atoms with Crippen molar-refractivity contribution in [2.45, 2.75) is 68.1 Å². The number of ether oxygens (including phenoxy) is 1. The predicted octanol–water partition coefficient (Wildman–Crippen LogP) is 2.16. The van der Waals surface area contributed by atoms with Crippen molar-refractivity contribution in [3.05, 3.63) is 23.3 Å². The van der Waals surface area contributed by atoms with Crippen LogP contribution in [0.25, 0.3) is 0 Å². The van der Waals surface area contributed by atoms with Crippen LogP contribution >= 0.6 is 0 Å². The minimum absolute atomic E-state index is 0.0756. The van der Waals surface area contributed by atoms with Gasteiger partial charge in [0.15, 0.2) is 23.4 Å². The molecule has 144 valence electrons. The van der Waals surface area contributed by atoms with Gasteiger partial charge in [0.1, 0.15) is 0 Å². The Kier molecular flexibility index (Phi) is 3.07. The molecule has 3 fully saturated rings. The number of hydrogen-bond donors (Lipinski definition) is 2. The maximum absolute atomic E-state index is 12.8. The van der Waals surface area contributed by atoms with Crippen LogP contribution in [0, 0.1) is 11.8 Å². The molecule has 1 heterocycles. The van der Waals surface area contributed by atoms with Crippen LogP contribution < -0.4 is 4.74 Å². The number of phenols is 1. The molecule has 1 aliphatic heterocycles. The van der Waals surface area contributed by atoms with Gasteiger partial charge in [-0.05, 0) is 63.1 Å². The Balaban J connectivity index is 1.52. The summed E-state index contributed by atoms with van der Waals surface area (Å²) >= 11 is 0. The number of carbonyl (C=O) groups is 1. The molecule has 2 bridgehead atoms. The second-order valence-electron chi connectivity index (χ2n) is 9.61. The van der Waals surface area contributed by atoms with Crippen molar-refractivity contribution < 1.29 is 19.7 Å². The number of hydrogen-bond acceptors (Lipinski definition) is 5. The summed E-state index contributed by atoms with van der Waals surface area (Å²) in [5, 5.41) is 22.5. The van der Waals surface area contributed by atoms with Gasteiger partial charge in [0.05, 0.1) is 11.0 Å². The molecule has 0 radical (unpaired) electrons. The fraction of sp³-hybridized carbons (Fsp3) is 0.682. The van der Waals surface area contributed by atoms with Crippen molar-refractivity contribution in [3.8, 4) is 11.5 Å². The maximum Gasteiger partial charge on any atom is 0.174 e. The zero-order valence-electron chi connectivity index (χ0n) is 15.8.